The van der Waals surface area contributed by atoms with Crippen LogP contribution in [-0.2, 0) is 9.13 Å². The average molecular weight is 299 g/mol. The number of rotatable bonds is 4. The van der Waals surface area contributed by atoms with Crippen molar-refractivity contribution in [2.45, 2.75) is 5.59 Å². The van der Waals surface area contributed by atoms with Crippen molar-refractivity contribution >= 4 is 26.8 Å². The van der Waals surface area contributed by atoms with Crippen LogP contribution >= 0.6 is 26.8 Å². The highest BCUT2D eigenvalue weighted by Crippen LogP contribution is 2.50. The highest BCUT2D eigenvalue weighted by atomic mass is 35.5. The summed E-state index contributed by atoms with van der Waals surface area (Å²) in [6, 6.07) is 4.96. The first-order chi connectivity index (χ1) is 7.60. The van der Waals surface area contributed by atoms with Crippen molar-refractivity contribution in [2.75, 3.05) is 0 Å². The number of hydrogen-bond acceptors (Lipinski definition) is 7. The molecule has 1 aromatic carbocycles. The summed E-state index contributed by atoms with van der Waals surface area (Å²) in [6.07, 6.45) is 0. The quantitative estimate of drug-likeness (QED) is 0.639. The van der Waals surface area contributed by atoms with E-state index in [-0.39, 0.29) is 10.8 Å². The van der Waals surface area contributed by atoms with Crippen LogP contribution in [0.3, 0.4) is 0 Å². The van der Waals surface area contributed by atoms with Crippen LogP contribution < -0.4 is 24.3 Å². The first-order valence-corrected chi connectivity index (χ1v) is 7.66. The van der Waals surface area contributed by atoms with Gasteiger partial charge in [0.25, 0.3) is 0 Å². The van der Waals surface area contributed by atoms with Gasteiger partial charge in [0.05, 0.1) is 0 Å². The van der Waals surface area contributed by atoms with Gasteiger partial charge in [0.1, 0.15) is 11.3 Å². The van der Waals surface area contributed by atoms with E-state index in [0.717, 1.165) is 12.1 Å². The average Bonchev–Trinajstić information content (AvgIpc) is 2.10. The zero-order valence-electron chi connectivity index (χ0n) is 8.02. The molecule has 0 fully saturated rings. The lowest BCUT2D eigenvalue weighted by atomic mass is 10.3. The van der Waals surface area contributed by atoms with Crippen molar-refractivity contribution in [1.82, 2.24) is 0 Å². The lowest BCUT2D eigenvalue weighted by Gasteiger charge is -2.48. The van der Waals surface area contributed by atoms with Gasteiger partial charge in [-0.05, 0) is 33.4 Å². The molecule has 1 aromatic rings. The summed E-state index contributed by atoms with van der Waals surface area (Å²) < 4.78 is 25.6. The molecule has 0 saturated heterocycles. The Morgan fingerprint density at radius 1 is 1.12 bits per heavy atom. The Labute approximate surface area is 101 Å². The molecular weight excluding hydrogens is 293 g/mol. The minimum atomic E-state index is -5.73. The molecule has 0 saturated carbocycles. The topological polar surface area (TPSA) is 136 Å². The zero-order chi connectivity index (χ0) is 13.3. The van der Waals surface area contributed by atoms with Crippen LogP contribution in [0.2, 0.25) is 5.02 Å². The second kappa shape index (κ2) is 5.08. The summed E-state index contributed by atoms with van der Waals surface area (Å²) in [6.45, 7) is 0. The molecule has 10 heteroatoms. The standard InChI is InChI=1S/C7H9ClO7P2/c8-5-2-1-3-6(4-5)15-7(16(9,10)11)17(12,13)14/h1-4,7H,(H2,9,10,11)(H2,12,13,14)/p-4. The first-order valence-electron chi connectivity index (χ1n) is 4.06. The Morgan fingerprint density at radius 2 is 1.65 bits per heavy atom. The molecule has 0 spiro atoms. The summed E-state index contributed by atoms with van der Waals surface area (Å²) in [5.74, 6) is -0.304. The van der Waals surface area contributed by atoms with Crippen molar-refractivity contribution < 1.29 is 33.4 Å². The molecular formula is C7H5ClO7P2-4. The van der Waals surface area contributed by atoms with Gasteiger partial charge in [0.15, 0.2) is 0 Å². The normalized spacial score (nSPS) is 12.8. The maximum atomic E-state index is 10.6. The molecule has 0 heterocycles. The summed E-state index contributed by atoms with van der Waals surface area (Å²) in [5.41, 5.74) is -2.98. The summed E-state index contributed by atoms with van der Waals surface area (Å²) in [5, 5.41) is 0.125. The van der Waals surface area contributed by atoms with Gasteiger partial charge in [-0.3, -0.25) is 0 Å². The van der Waals surface area contributed by atoms with Crippen molar-refractivity contribution in [2.24, 2.45) is 0 Å². The molecule has 0 aromatic heterocycles. The molecule has 0 aliphatic heterocycles. The predicted octanol–water partition coefficient (Wildman–Crippen LogP) is -1.17. The lowest BCUT2D eigenvalue weighted by Crippen LogP contribution is -2.37. The van der Waals surface area contributed by atoms with Gasteiger partial charge in [-0.25, -0.2) is 0 Å². The van der Waals surface area contributed by atoms with Crippen molar-refractivity contribution in [3.8, 4) is 5.75 Å². The SMILES string of the molecule is O=P([O-])([O-])C(Oc1cccc(Cl)c1)P(=O)([O-])[O-]. The highest BCUT2D eigenvalue weighted by molar-refractivity contribution is 7.67. The zero-order valence-corrected chi connectivity index (χ0v) is 10.6. The van der Waals surface area contributed by atoms with Crippen molar-refractivity contribution in [1.29, 1.82) is 0 Å². The molecule has 0 radical (unpaired) electrons. The minimum absolute atomic E-state index is 0.125. The Kier molecular flexibility index (Phi) is 4.38. The largest absolute Gasteiger partial charge is 0.808 e. The van der Waals surface area contributed by atoms with E-state index in [4.69, 9.17) is 11.6 Å². The van der Waals surface area contributed by atoms with Gasteiger partial charge in [0.2, 0.25) is 0 Å². The van der Waals surface area contributed by atoms with Gasteiger partial charge in [-0.15, -0.1) is 0 Å². The van der Waals surface area contributed by atoms with Crippen LogP contribution in [0.25, 0.3) is 0 Å². The third-order valence-corrected chi connectivity index (χ3v) is 4.80. The second-order valence-electron chi connectivity index (χ2n) is 2.98. The van der Waals surface area contributed by atoms with Crippen LogP contribution in [0.5, 0.6) is 5.75 Å². The van der Waals surface area contributed by atoms with Crippen LogP contribution in [0.1, 0.15) is 0 Å². The van der Waals surface area contributed by atoms with Crippen LogP contribution in [0, 0.1) is 0 Å². The van der Waals surface area contributed by atoms with Gasteiger partial charge in [-0.1, -0.05) is 17.7 Å². The third-order valence-electron chi connectivity index (χ3n) is 1.58. The van der Waals surface area contributed by atoms with E-state index in [1.165, 1.54) is 12.1 Å². The van der Waals surface area contributed by atoms with E-state index in [2.05, 4.69) is 4.74 Å². The van der Waals surface area contributed by atoms with Crippen molar-refractivity contribution in [3.05, 3.63) is 29.3 Å². The van der Waals surface area contributed by atoms with Crippen LogP contribution in [0.4, 0.5) is 0 Å². The molecule has 0 amide bonds. The molecule has 0 N–H and O–H groups in total. The van der Waals surface area contributed by atoms with Gasteiger partial charge in [0, 0.05) is 5.02 Å². The smallest absolute Gasteiger partial charge is 0.150 e. The van der Waals surface area contributed by atoms with E-state index < -0.39 is 20.8 Å². The molecule has 1 rings (SSSR count). The molecule has 0 aliphatic carbocycles. The molecule has 7 nitrogen and oxygen atoms in total. The third kappa shape index (κ3) is 4.41. The fraction of sp³-hybridized carbons (Fsp3) is 0.143. The molecule has 0 aliphatic rings. The minimum Gasteiger partial charge on any atom is -0.808 e. The molecule has 0 unspecified atom stereocenters. The molecule has 96 valence electrons. The van der Waals surface area contributed by atoms with Gasteiger partial charge >= 0.3 is 0 Å². The predicted molar refractivity (Wildman–Crippen MR) is 51.1 cm³/mol. The lowest BCUT2D eigenvalue weighted by molar-refractivity contribution is -0.336. The van der Waals surface area contributed by atoms with Crippen LogP contribution in [-0.4, -0.2) is 5.59 Å². The van der Waals surface area contributed by atoms with Gasteiger partial charge < -0.3 is 33.4 Å². The summed E-state index contributed by atoms with van der Waals surface area (Å²) in [4.78, 5) is 42.4. The van der Waals surface area contributed by atoms with Gasteiger partial charge in [-0.2, -0.15) is 0 Å². The van der Waals surface area contributed by atoms with E-state index in [1.54, 1.807) is 0 Å². The van der Waals surface area contributed by atoms with E-state index in [1.807, 2.05) is 0 Å². The Bertz CT molecular complexity index is 471. The molecule has 17 heavy (non-hydrogen) atoms. The van der Waals surface area contributed by atoms with E-state index >= 15 is 0 Å². The fourth-order valence-corrected chi connectivity index (χ4v) is 3.03. The maximum Gasteiger partial charge on any atom is 0.150 e. The molecule has 0 bridgehead atoms. The Morgan fingerprint density at radius 3 is 2.06 bits per heavy atom. The number of halogens is 1. The maximum absolute atomic E-state index is 10.6. The Balaban J connectivity index is 3.04. The Hall–Kier alpha value is -0.390. The summed E-state index contributed by atoms with van der Waals surface area (Å²) >= 11 is 5.53. The number of hydrogen-bond donors (Lipinski definition) is 0. The number of benzene rings is 1. The fourth-order valence-electron chi connectivity index (χ4n) is 0.964. The second-order valence-corrected chi connectivity index (χ2v) is 6.92. The van der Waals surface area contributed by atoms with E-state index in [9.17, 15) is 28.7 Å². The monoisotopic (exact) mass is 298 g/mol. The first kappa shape index (κ1) is 14.7. The summed E-state index contributed by atoms with van der Waals surface area (Å²) in [7, 11) is -11.5. The van der Waals surface area contributed by atoms with Crippen molar-refractivity contribution in [3.63, 3.8) is 0 Å². The number of ether oxygens (including phenoxy) is 1. The molecule has 0 atom stereocenters. The van der Waals surface area contributed by atoms with E-state index in [0.29, 0.717) is 0 Å². The highest BCUT2D eigenvalue weighted by Gasteiger charge is 2.19. The van der Waals surface area contributed by atoms with Crippen LogP contribution in [0.15, 0.2) is 24.3 Å².